The van der Waals surface area contributed by atoms with Crippen molar-refractivity contribution in [1.29, 1.82) is 0 Å². The van der Waals surface area contributed by atoms with Crippen LogP contribution < -0.4 is 5.56 Å². The van der Waals surface area contributed by atoms with E-state index < -0.39 is 5.60 Å². The summed E-state index contributed by atoms with van der Waals surface area (Å²) in [4.78, 5) is 14.8. The van der Waals surface area contributed by atoms with Crippen molar-refractivity contribution in [2.24, 2.45) is 17.8 Å². The van der Waals surface area contributed by atoms with E-state index in [0.717, 1.165) is 36.3 Å². The summed E-state index contributed by atoms with van der Waals surface area (Å²) < 4.78 is 1.46. The molecule has 1 saturated carbocycles. The third-order valence-electron chi connectivity index (χ3n) is 7.31. The highest BCUT2D eigenvalue weighted by Crippen LogP contribution is 2.47. The Hall–Kier alpha value is -1.46. The molecule has 3 heterocycles. The third-order valence-corrected chi connectivity index (χ3v) is 7.31. The van der Waals surface area contributed by atoms with Crippen molar-refractivity contribution in [3.63, 3.8) is 0 Å². The molecule has 1 N–H and O–H groups in total. The van der Waals surface area contributed by atoms with Crippen molar-refractivity contribution in [2.75, 3.05) is 6.54 Å². The number of aryl methyl sites for hydroxylation is 1. The number of hydrogen-bond donors (Lipinski definition) is 1. The first-order chi connectivity index (χ1) is 12.5. The Morgan fingerprint density at radius 1 is 1.19 bits per heavy atom. The van der Waals surface area contributed by atoms with Gasteiger partial charge in [-0.15, -0.1) is 0 Å². The van der Waals surface area contributed by atoms with Gasteiger partial charge in [0.2, 0.25) is 0 Å². The van der Waals surface area contributed by atoms with Crippen molar-refractivity contribution < 1.29 is 5.11 Å². The maximum Gasteiger partial charge on any atom is 0.266 e. The van der Waals surface area contributed by atoms with Gasteiger partial charge in [0.15, 0.2) is 0 Å². The van der Waals surface area contributed by atoms with E-state index in [1.807, 2.05) is 6.92 Å². The Balaban J connectivity index is 1.29. The second kappa shape index (κ2) is 6.03. The summed E-state index contributed by atoms with van der Waals surface area (Å²) >= 11 is 0. The fraction of sp³-hybridized carbons (Fsp3) is 0.714. The summed E-state index contributed by atoms with van der Waals surface area (Å²) in [5, 5.41) is 15.6. The number of allylic oxidation sites excluding steroid dienone is 2. The van der Waals surface area contributed by atoms with E-state index in [0.29, 0.717) is 18.6 Å². The zero-order chi connectivity index (χ0) is 17.9. The Labute approximate surface area is 154 Å². The van der Waals surface area contributed by atoms with E-state index in [-0.39, 0.29) is 5.56 Å². The van der Waals surface area contributed by atoms with Crippen molar-refractivity contribution in [3.05, 3.63) is 40.3 Å². The molecule has 2 aliphatic carbocycles. The Morgan fingerprint density at radius 3 is 2.62 bits per heavy atom. The van der Waals surface area contributed by atoms with Gasteiger partial charge in [-0.3, -0.25) is 9.69 Å². The van der Waals surface area contributed by atoms with Gasteiger partial charge in [0.25, 0.3) is 5.56 Å². The number of nitrogens with zero attached hydrogens (tertiary/aromatic N) is 3. The SMILES string of the molecule is Cc1ccc(=O)n(CC2(O)CC3CCC(C2)N3CC2CC3C=CC2C3)n1. The molecule has 5 heteroatoms. The molecule has 0 amide bonds. The van der Waals surface area contributed by atoms with Crippen LogP contribution in [0, 0.1) is 24.7 Å². The maximum absolute atomic E-state index is 12.1. The van der Waals surface area contributed by atoms with Gasteiger partial charge in [-0.25, -0.2) is 4.68 Å². The maximum atomic E-state index is 12.1. The normalized spacial score (nSPS) is 41.2. The van der Waals surface area contributed by atoms with Crippen LogP contribution in [-0.4, -0.2) is 44.0 Å². The number of rotatable bonds is 4. The second-order valence-electron chi connectivity index (χ2n) is 9.23. The van der Waals surface area contributed by atoms with Gasteiger partial charge in [0.1, 0.15) is 0 Å². The van der Waals surface area contributed by atoms with Gasteiger partial charge in [-0.2, -0.15) is 5.10 Å². The predicted molar refractivity (Wildman–Crippen MR) is 99.8 cm³/mol. The lowest BCUT2D eigenvalue weighted by Crippen LogP contribution is -2.54. The highest BCUT2D eigenvalue weighted by molar-refractivity contribution is 5.12. The highest BCUT2D eigenvalue weighted by atomic mass is 16.3. The topological polar surface area (TPSA) is 58.4 Å². The van der Waals surface area contributed by atoms with Gasteiger partial charge >= 0.3 is 0 Å². The highest BCUT2D eigenvalue weighted by Gasteiger charge is 2.49. The standard InChI is InChI=1S/C21H29N3O2/c1-14-2-7-20(25)24(22-14)13-21(26)10-18-5-6-19(11-21)23(18)12-17-9-15-3-4-16(17)8-15/h2-4,7,15-19,26H,5-6,8-13H2,1H3. The van der Waals surface area contributed by atoms with Crippen LogP contribution in [-0.2, 0) is 6.54 Å². The summed E-state index contributed by atoms with van der Waals surface area (Å²) in [6.45, 7) is 3.40. The lowest BCUT2D eigenvalue weighted by atomic mass is 9.84. The molecule has 5 rings (SSSR count). The van der Waals surface area contributed by atoms with Crippen LogP contribution in [0.3, 0.4) is 0 Å². The second-order valence-corrected chi connectivity index (χ2v) is 9.23. The number of aromatic nitrogens is 2. The molecule has 4 bridgehead atoms. The average Bonchev–Trinajstić information content (AvgIpc) is 3.27. The molecule has 2 aliphatic heterocycles. The van der Waals surface area contributed by atoms with Gasteiger partial charge in [-0.1, -0.05) is 12.2 Å². The lowest BCUT2D eigenvalue weighted by Gasteiger charge is -2.45. The number of piperidine rings is 1. The summed E-state index contributed by atoms with van der Waals surface area (Å²) in [5.74, 6) is 2.42. The molecule has 26 heavy (non-hydrogen) atoms. The van der Waals surface area contributed by atoms with Crippen LogP contribution in [0.15, 0.2) is 29.1 Å². The Morgan fingerprint density at radius 2 is 1.96 bits per heavy atom. The van der Waals surface area contributed by atoms with Gasteiger partial charge < -0.3 is 5.11 Å². The Kier molecular flexibility index (Phi) is 3.87. The summed E-state index contributed by atoms with van der Waals surface area (Å²) in [5.41, 5.74) is -0.104. The molecule has 5 atom stereocenters. The molecule has 4 aliphatic rings. The zero-order valence-electron chi connectivity index (χ0n) is 15.6. The minimum atomic E-state index is -0.804. The predicted octanol–water partition coefficient (Wildman–Crippen LogP) is 2.12. The molecule has 5 unspecified atom stereocenters. The first-order valence-corrected chi connectivity index (χ1v) is 10.2. The molecule has 3 fully saturated rings. The summed E-state index contributed by atoms with van der Waals surface area (Å²) in [6.07, 6.45) is 11.5. The van der Waals surface area contributed by atoms with E-state index in [2.05, 4.69) is 22.2 Å². The van der Waals surface area contributed by atoms with Crippen LogP contribution in [0.25, 0.3) is 0 Å². The lowest BCUT2D eigenvalue weighted by molar-refractivity contribution is -0.0693. The molecule has 1 aromatic rings. The van der Waals surface area contributed by atoms with Crippen molar-refractivity contribution >= 4 is 0 Å². The van der Waals surface area contributed by atoms with Crippen LogP contribution in [0.4, 0.5) is 0 Å². The first-order valence-electron chi connectivity index (χ1n) is 10.2. The quantitative estimate of drug-likeness (QED) is 0.841. The molecular formula is C21H29N3O2. The summed E-state index contributed by atoms with van der Waals surface area (Å²) in [6, 6.07) is 4.21. The van der Waals surface area contributed by atoms with Gasteiger partial charge in [0, 0.05) is 24.7 Å². The average molecular weight is 355 g/mol. The van der Waals surface area contributed by atoms with E-state index in [4.69, 9.17) is 0 Å². The molecule has 0 aromatic carbocycles. The van der Waals surface area contributed by atoms with Gasteiger partial charge in [0.05, 0.1) is 17.8 Å². The van der Waals surface area contributed by atoms with Crippen molar-refractivity contribution in [1.82, 2.24) is 14.7 Å². The minimum Gasteiger partial charge on any atom is -0.388 e. The molecular weight excluding hydrogens is 326 g/mol. The smallest absolute Gasteiger partial charge is 0.266 e. The van der Waals surface area contributed by atoms with Gasteiger partial charge in [-0.05, 0) is 69.3 Å². The molecule has 2 saturated heterocycles. The molecule has 1 aromatic heterocycles. The van der Waals surface area contributed by atoms with Crippen molar-refractivity contribution in [2.45, 2.75) is 69.7 Å². The molecule has 5 nitrogen and oxygen atoms in total. The molecule has 0 radical (unpaired) electrons. The summed E-state index contributed by atoms with van der Waals surface area (Å²) in [7, 11) is 0. The van der Waals surface area contributed by atoms with E-state index in [9.17, 15) is 9.90 Å². The first kappa shape index (κ1) is 16.7. The number of hydrogen-bond acceptors (Lipinski definition) is 4. The third kappa shape index (κ3) is 2.85. The molecule has 0 spiro atoms. The Bertz CT molecular complexity index is 772. The van der Waals surface area contributed by atoms with Crippen LogP contribution in [0.1, 0.15) is 44.2 Å². The van der Waals surface area contributed by atoms with Crippen LogP contribution in [0.5, 0.6) is 0 Å². The number of aliphatic hydroxyl groups is 1. The van der Waals surface area contributed by atoms with E-state index in [1.54, 1.807) is 12.1 Å². The van der Waals surface area contributed by atoms with Crippen molar-refractivity contribution in [3.8, 4) is 0 Å². The minimum absolute atomic E-state index is 0.118. The molecule has 140 valence electrons. The zero-order valence-corrected chi connectivity index (χ0v) is 15.6. The monoisotopic (exact) mass is 355 g/mol. The van der Waals surface area contributed by atoms with E-state index >= 15 is 0 Å². The van der Waals surface area contributed by atoms with E-state index in [1.165, 1.54) is 36.9 Å². The fourth-order valence-corrected chi connectivity index (χ4v) is 6.16. The largest absolute Gasteiger partial charge is 0.388 e. The number of fused-ring (bicyclic) bond motifs is 4. The van der Waals surface area contributed by atoms with Crippen LogP contribution >= 0.6 is 0 Å². The fourth-order valence-electron chi connectivity index (χ4n) is 6.16. The van der Waals surface area contributed by atoms with Crippen LogP contribution in [0.2, 0.25) is 0 Å².